The highest BCUT2D eigenvalue weighted by molar-refractivity contribution is 7.80. The van der Waals surface area contributed by atoms with Gasteiger partial charge in [-0.3, -0.25) is 9.69 Å². The van der Waals surface area contributed by atoms with Crippen molar-refractivity contribution in [1.82, 2.24) is 4.90 Å². The Morgan fingerprint density at radius 3 is 2.24 bits per heavy atom. The Bertz CT molecular complexity index is 682. The smallest absolute Gasteiger partial charge is 0.260 e. The first-order valence-electron chi connectivity index (χ1n) is 6.82. The van der Waals surface area contributed by atoms with E-state index < -0.39 is 0 Å². The van der Waals surface area contributed by atoms with E-state index in [0.29, 0.717) is 5.11 Å². The average Bonchev–Trinajstić information content (AvgIpc) is 2.72. The van der Waals surface area contributed by atoms with Gasteiger partial charge in [0.25, 0.3) is 5.91 Å². The summed E-state index contributed by atoms with van der Waals surface area (Å²) in [7, 11) is 1.87. The molecule has 1 fully saturated rings. The molecule has 3 nitrogen and oxygen atoms in total. The van der Waals surface area contributed by atoms with Gasteiger partial charge in [0.2, 0.25) is 0 Å². The van der Waals surface area contributed by atoms with Crippen LogP contribution in [0.4, 0.5) is 5.69 Å². The highest BCUT2D eigenvalue weighted by atomic mass is 32.1. The Morgan fingerprint density at radius 1 is 1.00 bits per heavy atom. The molecule has 0 unspecified atom stereocenters. The summed E-state index contributed by atoms with van der Waals surface area (Å²) in [5.41, 5.74) is 2.96. The maximum atomic E-state index is 12.8. The van der Waals surface area contributed by atoms with Crippen molar-refractivity contribution in [2.75, 3.05) is 11.9 Å². The van der Waals surface area contributed by atoms with Crippen LogP contribution in [0.3, 0.4) is 0 Å². The van der Waals surface area contributed by atoms with Crippen molar-refractivity contribution in [2.24, 2.45) is 0 Å². The summed E-state index contributed by atoms with van der Waals surface area (Å²) in [6.07, 6.45) is 0. The maximum absolute atomic E-state index is 12.8. The Labute approximate surface area is 129 Å². The van der Waals surface area contributed by atoms with Crippen molar-refractivity contribution in [3.05, 3.63) is 65.7 Å². The van der Waals surface area contributed by atoms with Crippen molar-refractivity contribution in [3.63, 3.8) is 0 Å². The first-order chi connectivity index (χ1) is 10.1. The van der Waals surface area contributed by atoms with Crippen LogP contribution in [0.1, 0.15) is 17.2 Å². The van der Waals surface area contributed by atoms with Gasteiger partial charge in [0.15, 0.2) is 5.11 Å². The lowest BCUT2D eigenvalue weighted by Crippen LogP contribution is -2.30. The first kappa shape index (κ1) is 13.8. The summed E-state index contributed by atoms with van der Waals surface area (Å²) in [5.74, 6) is -0.00227. The molecule has 1 atom stereocenters. The third kappa shape index (κ3) is 2.32. The summed E-state index contributed by atoms with van der Waals surface area (Å²) < 4.78 is 0. The van der Waals surface area contributed by atoms with E-state index >= 15 is 0 Å². The summed E-state index contributed by atoms with van der Waals surface area (Å²) in [6, 6.07) is 17.2. The molecule has 4 heteroatoms. The minimum atomic E-state index is -0.349. The van der Waals surface area contributed by atoms with E-state index in [0.717, 1.165) is 11.3 Å². The van der Waals surface area contributed by atoms with Crippen LogP contribution in [-0.4, -0.2) is 23.0 Å². The number of rotatable bonds is 2. The van der Waals surface area contributed by atoms with Crippen molar-refractivity contribution in [3.8, 4) is 0 Å². The molecule has 106 valence electrons. The summed E-state index contributed by atoms with van der Waals surface area (Å²) in [5, 5.41) is 0.539. The highest BCUT2D eigenvalue weighted by Crippen LogP contribution is 2.33. The fourth-order valence-corrected chi connectivity index (χ4v) is 2.88. The molecule has 1 heterocycles. The van der Waals surface area contributed by atoms with Crippen LogP contribution in [0.5, 0.6) is 0 Å². The average molecular weight is 296 g/mol. The van der Waals surface area contributed by atoms with Crippen molar-refractivity contribution >= 4 is 28.9 Å². The van der Waals surface area contributed by atoms with E-state index in [9.17, 15) is 4.79 Å². The zero-order valence-corrected chi connectivity index (χ0v) is 12.8. The SMILES string of the molecule is Cc1ccc([C@H]2C(=O)N(c3ccccc3)C(=S)N2C)cc1. The fraction of sp³-hybridized carbons (Fsp3) is 0.176. The predicted octanol–water partition coefficient (Wildman–Crippen LogP) is 3.30. The van der Waals surface area contributed by atoms with Crippen LogP contribution in [0.15, 0.2) is 54.6 Å². The highest BCUT2D eigenvalue weighted by Gasteiger charge is 2.41. The minimum absolute atomic E-state index is 0.00227. The lowest BCUT2D eigenvalue weighted by molar-refractivity contribution is -0.119. The van der Waals surface area contributed by atoms with Gasteiger partial charge in [0.05, 0.1) is 5.69 Å². The lowest BCUT2D eigenvalue weighted by Gasteiger charge is -2.18. The van der Waals surface area contributed by atoms with Crippen LogP contribution in [-0.2, 0) is 4.79 Å². The van der Waals surface area contributed by atoms with E-state index in [1.807, 2.05) is 73.5 Å². The maximum Gasteiger partial charge on any atom is 0.260 e. The van der Waals surface area contributed by atoms with Gasteiger partial charge in [0, 0.05) is 7.05 Å². The van der Waals surface area contributed by atoms with E-state index in [2.05, 4.69) is 0 Å². The second-order valence-electron chi connectivity index (χ2n) is 5.22. The molecule has 3 rings (SSSR count). The fourth-order valence-electron chi connectivity index (χ4n) is 2.58. The van der Waals surface area contributed by atoms with Gasteiger partial charge in [-0.05, 0) is 36.8 Å². The summed E-state index contributed by atoms with van der Waals surface area (Å²) >= 11 is 5.46. The summed E-state index contributed by atoms with van der Waals surface area (Å²) in [4.78, 5) is 16.3. The largest absolute Gasteiger partial charge is 0.336 e. The Morgan fingerprint density at radius 2 is 1.62 bits per heavy atom. The molecule has 1 saturated heterocycles. The normalized spacial score (nSPS) is 18.5. The predicted molar refractivity (Wildman–Crippen MR) is 88.2 cm³/mol. The number of aryl methyl sites for hydroxylation is 1. The molecule has 0 bridgehead atoms. The van der Waals surface area contributed by atoms with Crippen molar-refractivity contribution in [2.45, 2.75) is 13.0 Å². The molecule has 0 saturated carbocycles. The van der Waals surface area contributed by atoms with Crippen LogP contribution >= 0.6 is 12.2 Å². The van der Waals surface area contributed by atoms with E-state index in [4.69, 9.17) is 12.2 Å². The molecular formula is C17H16N2OS. The van der Waals surface area contributed by atoms with Gasteiger partial charge in [-0.1, -0.05) is 48.0 Å². The van der Waals surface area contributed by atoms with Gasteiger partial charge in [-0.25, -0.2) is 0 Å². The molecule has 1 aliphatic rings. The number of para-hydroxylation sites is 1. The van der Waals surface area contributed by atoms with Crippen LogP contribution < -0.4 is 4.90 Å². The van der Waals surface area contributed by atoms with E-state index in [1.165, 1.54) is 5.56 Å². The Kier molecular flexibility index (Phi) is 3.47. The van der Waals surface area contributed by atoms with Gasteiger partial charge >= 0.3 is 0 Å². The number of anilines is 1. The van der Waals surface area contributed by atoms with Crippen LogP contribution in [0, 0.1) is 6.92 Å². The number of benzene rings is 2. The molecule has 2 aromatic rings. The topological polar surface area (TPSA) is 23.6 Å². The molecule has 0 radical (unpaired) electrons. The number of carbonyl (C=O) groups is 1. The molecule has 2 aromatic carbocycles. The molecular weight excluding hydrogens is 280 g/mol. The van der Waals surface area contributed by atoms with Crippen molar-refractivity contribution < 1.29 is 4.79 Å². The van der Waals surface area contributed by atoms with Crippen molar-refractivity contribution in [1.29, 1.82) is 0 Å². The molecule has 1 aliphatic heterocycles. The second-order valence-corrected chi connectivity index (χ2v) is 5.58. The van der Waals surface area contributed by atoms with Crippen LogP contribution in [0.25, 0.3) is 0 Å². The standard InChI is InChI=1S/C17H16N2OS/c1-12-8-10-13(11-9-12)15-16(20)19(17(21)18(15)2)14-6-4-3-5-7-14/h3-11,15H,1-2H3/t15-/m0/s1. The number of hydrogen-bond acceptors (Lipinski definition) is 2. The quantitative estimate of drug-likeness (QED) is 0.794. The third-order valence-electron chi connectivity index (χ3n) is 3.74. The molecule has 0 N–H and O–H groups in total. The molecule has 21 heavy (non-hydrogen) atoms. The van der Waals surface area contributed by atoms with Gasteiger partial charge in [-0.15, -0.1) is 0 Å². The zero-order chi connectivity index (χ0) is 15.0. The Balaban J connectivity index is 1.99. The molecule has 0 aliphatic carbocycles. The van der Waals surface area contributed by atoms with Crippen LogP contribution in [0.2, 0.25) is 0 Å². The number of likely N-dealkylation sites (N-methyl/N-ethyl adjacent to an activating group) is 1. The lowest BCUT2D eigenvalue weighted by atomic mass is 10.0. The number of thiocarbonyl (C=S) groups is 1. The molecule has 0 aromatic heterocycles. The zero-order valence-electron chi connectivity index (χ0n) is 12.0. The monoisotopic (exact) mass is 296 g/mol. The number of hydrogen-bond donors (Lipinski definition) is 0. The van der Waals surface area contributed by atoms with Gasteiger partial charge in [-0.2, -0.15) is 0 Å². The van der Waals surface area contributed by atoms with E-state index in [-0.39, 0.29) is 11.9 Å². The first-order valence-corrected chi connectivity index (χ1v) is 7.23. The van der Waals surface area contributed by atoms with E-state index in [1.54, 1.807) is 4.90 Å². The number of amides is 1. The molecule has 0 spiro atoms. The third-order valence-corrected chi connectivity index (χ3v) is 4.21. The second kappa shape index (κ2) is 5.30. The number of carbonyl (C=O) groups excluding carboxylic acids is 1. The summed E-state index contributed by atoms with van der Waals surface area (Å²) in [6.45, 7) is 2.03. The Hall–Kier alpha value is -2.20. The number of nitrogens with zero attached hydrogens (tertiary/aromatic N) is 2. The van der Waals surface area contributed by atoms with Gasteiger partial charge < -0.3 is 4.90 Å². The van der Waals surface area contributed by atoms with Gasteiger partial charge in [0.1, 0.15) is 6.04 Å². The minimum Gasteiger partial charge on any atom is -0.336 e. The molecule has 1 amide bonds.